The molecule has 1 saturated carbocycles. The number of fused-ring (bicyclic) bond motifs is 5. The molecule has 0 radical (unpaired) electrons. The van der Waals surface area contributed by atoms with Gasteiger partial charge in [0.15, 0.2) is 0 Å². The third-order valence-corrected chi connectivity index (χ3v) is 5.16. The van der Waals surface area contributed by atoms with Crippen molar-refractivity contribution in [3.05, 3.63) is 48.0 Å². The number of rotatable bonds is 4. The van der Waals surface area contributed by atoms with E-state index in [4.69, 9.17) is 4.74 Å². The lowest BCUT2D eigenvalue weighted by Gasteiger charge is -2.17. The van der Waals surface area contributed by atoms with Crippen molar-refractivity contribution in [3.63, 3.8) is 0 Å². The second-order valence-electron chi connectivity index (χ2n) is 6.50. The van der Waals surface area contributed by atoms with E-state index in [0.717, 1.165) is 16.9 Å². The van der Waals surface area contributed by atoms with Crippen LogP contribution in [0.3, 0.4) is 0 Å². The molecule has 4 unspecified atom stereocenters. The SMILES string of the molecule is O=C(NCN1C(=O)C2C3C=CC(C3)C2C1=O)OCc1ccccc1. The molecule has 2 aliphatic carbocycles. The lowest BCUT2D eigenvalue weighted by molar-refractivity contribution is -0.140. The molecule has 1 aliphatic heterocycles. The van der Waals surface area contributed by atoms with Crippen LogP contribution in [0.1, 0.15) is 12.0 Å². The Morgan fingerprint density at radius 1 is 1.08 bits per heavy atom. The van der Waals surface area contributed by atoms with Crippen molar-refractivity contribution in [1.82, 2.24) is 10.2 Å². The average Bonchev–Trinajstić information content (AvgIpc) is 3.27. The van der Waals surface area contributed by atoms with Gasteiger partial charge in [-0.25, -0.2) is 4.79 Å². The van der Waals surface area contributed by atoms with Crippen molar-refractivity contribution in [2.24, 2.45) is 23.7 Å². The van der Waals surface area contributed by atoms with Gasteiger partial charge in [-0.05, 0) is 23.8 Å². The molecule has 2 fully saturated rings. The average molecular weight is 326 g/mol. The van der Waals surface area contributed by atoms with E-state index >= 15 is 0 Å². The van der Waals surface area contributed by atoms with E-state index < -0.39 is 6.09 Å². The molecular weight excluding hydrogens is 308 g/mol. The highest BCUT2D eigenvalue weighted by molar-refractivity contribution is 6.06. The van der Waals surface area contributed by atoms with Crippen molar-refractivity contribution in [2.45, 2.75) is 13.0 Å². The number of allylic oxidation sites excluding steroid dienone is 2. The quantitative estimate of drug-likeness (QED) is 0.675. The number of likely N-dealkylation sites (tertiary alicyclic amines) is 1. The van der Waals surface area contributed by atoms with Crippen LogP contribution < -0.4 is 5.32 Å². The number of benzene rings is 1. The predicted molar refractivity (Wildman–Crippen MR) is 84.2 cm³/mol. The number of ether oxygens (including phenoxy) is 1. The first-order valence-electron chi connectivity index (χ1n) is 8.13. The molecule has 3 amide bonds. The second kappa shape index (κ2) is 5.78. The van der Waals surface area contributed by atoms with Gasteiger partial charge in [-0.3, -0.25) is 14.5 Å². The monoisotopic (exact) mass is 326 g/mol. The summed E-state index contributed by atoms with van der Waals surface area (Å²) in [4.78, 5) is 37.9. The Bertz CT molecular complexity index is 685. The number of alkyl carbamates (subject to hydrolysis) is 1. The number of nitrogens with one attached hydrogen (secondary N) is 1. The summed E-state index contributed by atoms with van der Waals surface area (Å²) in [6, 6.07) is 9.31. The minimum atomic E-state index is -0.641. The lowest BCUT2D eigenvalue weighted by atomic mass is 9.85. The van der Waals surface area contributed by atoms with Gasteiger partial charge in [-0.1, -0.05) is 42.5 Å². The largest absolute Gasteiger partial charge is 0.445 e. The van der Waals surface area contributed by atoms with Gasteiger partial charge in [0.1, 0.15) is 13.3 Å². The smallest absolute Gasteiger partial charge is 0.408 e. The highest BCUT2D eigenvalue weighted by Crippen LogP contribution is 2.52. The molecule has 24 heavy (non-hydrogen) atoms. The molecule has 1 aromatic rings. The third kappa shape index (κ3) is 2.38. The summed E-state index contributed by atoms with van der Waals surface area (Å²) in [5.74, 6) is -0.488. The Hall–Kier alpha value is -2.63. The van der Waals surface area contributed by atoms with Crippen LogP contribution >= 0.6 is 0 Å². The molecule has 4 rings (SSSR count). The molecule has 124 valence electrons. The molecule has 3 aliphatic rings. The summed E-state index contributed by atoms with van der Waals surface area (Å²) in [5, 5.41) is 2.50. The summed E-state index contributed by atoms with van der Waals surface area (Å²) >= 11 is 0. The Kier molecular flexibility index (Phi) is 3.59. The zero-order valence-corrected chi connectivity index (χ0v) is 13.1. The molecule has 6 nitrogen and oxygen atoms in total. The van der Waals surface area contributed by atoms with Crippen LogP contribution in [0.5, 0.6) is 0 Å². The van der Waals surface area contributed by atoms with Crippen molar-refractivity contribution in [3.8, 4) is 0 Å². The number of imide groups is 1. The normalized spacial score (nSPS) is 29.9. The van der Waals surface area contributed by atoms with Gasteiger partial charge in [0.2, 0.25) is 11.8 Å². The minimum Gasteiger partial charge on any atom is -0.445 e. The van der Waals surface area contributed by atoms with E-state index in [0.29, 0.717) is 0 Å². The van der Waals surface area contributed by atoms with Gasteiger partial charge >= 0.3 is 6.09 Å². The van der Waals surface area contributed by atoms with Gasteiger partial charge in [-0.2, -0.15) is 0 Å². The topological polar surface area (TPSA) is 75.7 Å². The molecule has 0 spiro atoms. The third-order valence-electron chi connectivity index (χ3n) is 5.16. The van der Waals surface area contributed by atoms with Crippen LogP contribution in [-0.2, 0) is 20.9 Å². The van der Waals surface area contributed by atoms with Gasteiger partial charge in [-0.15, -0.1) is 0 Å². The summed E-state index contributed by atoms with van der Waals surface area (Å²) in [6.07, 6.45) is 4.34. The van der Waals surface area contributed by atoms with Crippen molar-refractivity contribution in [2.75, 3.05) is 6.67 Å². The number of carbonyl (C=O) groups excluding carboxylic acids is 3. The molecule has 6 heteroatoms. The molecule has 4 atom stereocenters. The van der Waals surface area contributed by atoms with Gasteiger partial charge in [0, 0.05) is 0 Å². The Labute approximate surface area is 139 Å². The number of nitrogens with zero attached hydrogens (tertiary/aromatic N) is 1. The van der Waals surface area contributed by atoms with Crippen LogP contribution in [-0.4, -0.2) is 29.5 Å². The van der Waals surface area contributed by atoms with Crippen molar-refractivity contribution in [1.29, 1.82) is 0 Å². The van der Waals surface area contributed by atoms with E-state index in [2.05, 4.69) is 5.32 Å². The van der Waals surface area contributed by atoms with Crippen LogP contribution in [0.15, 0.2) is 42.5 Å². The fraction of sp³-hybridized carbons (Fsp3) is 0.389. The Balaban J connectivity index is 1.31. The highest BCUT2D eigenvalue weighted by atomic mass is 16.5. The van der Waals surface area contributed by atoms with Gasteiger partial charge in [0.25, 0.3) is 0 Å². The maximum atomic E-state index is 12.5. The fourth-order valence-corrected chi connectivity index (χ4v) is 4.04. The summed E-state index contributed by atoms with van der Waals surface area (Å²) in [7, 11) is 0. The molecule has 0 aromatic heterocycles. The van der Waals surface area contributed by atoms with Crippen LogP contribution in [0.2, 0.25) is 0 Å². The Morgan fingerprint density at radius 2 is 1.71 bits per heavy atom. The van der Waals surface area contributed by atoms with Gasteiger partial charge in [0.05, 0.1) is 11.8 Å². The zero-order valence-electron chi connectivity index (χ0n) is 13.1. The molecule has 2 bridgehead atoms. The van der Waals surface area contributed by atoms with E-state index in [1.807, 2.05) is 42.5 Å². The zero-order chi connectivity index (χ0) is 16.7. The molecule has 1 saturated heterocycles. The first kappa shape index (κ1) is 14.9. The first-order valence-corrected chi connectivity index (χ1v) is 8.13. The van der Waals surface area contributed by atoms with Crippen molar-refractivity contribution >= 4 is 17.9 Å². The Morgan fingerprint density at radius 3 is 2.33 bits per heavy atom. The number of hydrogen-bond acceptors (Lipinski definition) is 4. The first-order chi connectivity index (χ1) is 11.6. The molecule has 1 N–H and O–H groups in total. The lowest BCUT2D eigenvalue weighted by Crippen LogP contribution is -2.42. The van der Waals surface area contributed by atoms with Crippen LogP contribution in [0, 0.1) is 23.7 Å². The summed E-state index contributed by atoms with van der Waals surface area (Å²) < 4.78 is 5.10. The maximum Gasteiger partial charge on any atom is 0.408 e. The van der Waals surface area contributed by atoms with E-state index in [1.54, 1.807) is 0 Å². The number of amides is 3. The summed E-state index contributed by atoms with van der Waals surface area (Å²) in [6.45, 7) is 0.0195. The van der Waals surface area contributed by atoms with E-state index in [-0.39, 0.29) is 48.8 Å². The maximum absolute atomic E-state index is 12.5. The van der Waals surface area contributed by atoms with E-state index in [9.17, 15) is 14.4 Å². The van der Waals surface area contributed by atoms with Gasteiger partial charge < -0.3 is 10.1 Å². The van der Waals surface area contributed by atoms with Crippen LogP contribution in [0.25, 0.3) is 0 Å². The standard InChI is InChI=1S/C18H18N2O4/c21-16-14-12-6-7-13(8-12)15(14)17(22)20(16)10-19-18(23)24-9-11-4-2-1-3-5-11/h1-7,12-15H,8-10H2,(H,19,23). The minimum absolute atomic E-state index is 0.127. The fourth-order valence-electron chi connectivity index (χ4n) is 4.04. The molecule has 1 heterocycles. The van der Waals surface area contributed by atoms with E-state index in [1.165, 1.54) is 0 Å². The summed E-state index contributed by atoms with van der Waals surface area (Å²) in [5.41, 5.74) is 0.873. The van der Waals surface area contributed by atoms with Crippen molar-refractivity contribution < 1.29 is 19.1 Å². The predicted octanol–water partition coefficient (Wildman–Crippen LogP) is 1.68. The second-order valence-corrected chi connectivity index (χ2v) is 6.50. The number of hydrogen-bond donors (Lipinski definition) is 1. The highest BCUT2D eigenvalue weighted by Gasteiger charge is 2.59. The van der Waals surface area contributed by atoms with Crippen LogP contribution in [0.4, 0.5) is 4.79 Å². The molecular formula is C18H18N2O4. The number of carbonyl (C=O) groups is 3. The molecule has 1 aromatic carbocycles.